The Morgan fingerprint density at radius 1 is 1.31 bits per heavy atom. The lowest BCUT2D eigenvalue weighted by molar-refractivity contribution is -0.189. The number of hydrogen-bond acceptors (Lipinski definition) is 2. The molecule has 4 rings (SSSR count). The zero-order chi connectivity index (χ0) is 11.3. The summed E-state index contributed by atoms with van der Waals surface area (Å²) in [6, 6.07) is 0. The van der Waals surface area contributed by atoms with Crippen LogP contribution in [0.3, 0.4) is 0 Å². The summed E-state index contributed by atoms with van der Waals surface area (Å²) in [5, 5.41) is 0. The minimum Gasteiger partial charge on any atom is -0.456 e. The minimum absolute atomic E-state index is 0.117. The van der Waals surface area contributed by atoms with Gasteiger partial charge in [-0.2, -0.15) is 0 Å². The summed E-state index contributed by atoms with van der Waals surface area (Å²) in [7, 11) is 0. The van der Waals surface area contributed by atoms with E-state index >= 15 is 0 Å². The van der Waals surface area contributed by atoms with Crippen molar-refractivity contribution in [2.45, 2.75) is 44.6 Å². The van der Waals surface area contributed by atoms with E-state index in [1.165, 1.54) is 18.9 Å². The summed E-state index contributed by atoms with van der Waals surface area (Å²) in [5.74, 6) is 3.01. The monoisotopic (exact) mass is 220 g/mol. The third-order valence-electron chi connectivity index (χ3n) is 5.17. The van der Waals surface area contributed by atoms with Gasteiger partial charge in [0.15, 0.2) is 0 Å². The molecular weight excluding hydrogens is 200 g/mol. The van der Waals surface area contributed by atoms with Gasteiger partial charge in [-0.05, 0) is 55.8 Å². The van der Waals surface area contributed by atoms with Crippen molar-refractivity contribution in [1.29, 1.82) is 0 Å². The van der Waals surface area contributed by atoms with Crippen LogP contribution in [-0.4, -0.2) is 11.6 Å². The molecule has 0 spiro atoms. The third-order valence-corrected chi connectivity index (χ3v) is 5.17. The van der Waals surface area contributed by atoms with Gasteiger partial charge in [0.25, 0.3) is 0 Å². The fourth-order valence-electron chi connectivity index (χ4n) is 4.58. The zero-order valence-electron chi connectivity index (χ0n) is 9.95. The molecule has 4 bridgehead atoms. The number of rotatable bonds is 2. The van der Waals surface area contributed by atoms with Crippen LogP contribution in [0, 0.1) is 23.7 Å². The van der Waals surface area contributed by atoms with Gasteiger partial charge in [0.05, 0.1) is 0 Å². The van der Waals surface area contributed by atoms with Gasteiger partial charge < -0.3 is 4.74 Å². The Hall–Kier alpha value is -0.790. The second kappa shape index (κ2) is 3.35. The Balaban J connectivity index is 1.83. The number of carbonyl (C=O) groups excluding carboxylic acids is 1. The first-order chi connectivity index (χ1) is 7.62. The molecule has 88 valence electrons. The Morgan fingerprint density at radius 2 is 1.94 bits per heavy atom. The number of hydrogen-bond donors (Lipinski definition) is 0. The molecular formula is C14H20O2. The highest BCUT2D eigenvalue weighted by Crippen LogP contribution is 2.59. The van der Waals surface area contributed by atoms with E-state index in [1.54, 1.807) is 0 Å². The van der Waals surface area contributed by atoms with Crippen LogP contribution in [0.2, 0.25) is 0 Å². The van der Waals surface area contributed by atoms with Gasteiger partial charge in [-0.25, -0.2) is 4.79 Å². The van der Waals surface area contributed by atoms with Crippen molar-refractivity contribution in [3.63, 3.8) is 0 Å². The summed E-state index contributed by atoms with van der Waals surface area (Å²) in [4.78, 5) is 11.4. The van der Waals surface area contributed by atoms with Crippen molar-refractivity contribution >= 4 is 5.97 Å². The molecule has 2 heteroatoms. The van der Waals surface area contributed by atoms with Crippen molar-refractivity contribution in [2.75, 3.05) is 0 Å². The topological polar surface area (TPSA) is 26.3 Å². The summed E-state index contributed by atoms with van der Waals surface area (Å²) in [6.45, 7) is 5.88. The van der Waals surface area contributed by atoms with Crippen LogP contribution in [0.4, 0.5) is 0 Å². The van der Waals surface area contributed by atoms with Crippen LogP contribution in [-0.2, 0) is 9.53 Å². The van der Waals surface area contributed by atoms with Crippen LogP contribution in [0.1, 0.15) is 39.0 Å². The second-order valence-electron chi connectivity index (χ2n) is 6.14. The molecule has 2 unspecified atom stereocenters. The lowest BCUT2D eigenvalue weighted by atomic mass is 9.50. The Labute approximate surface area is 97.1 Å². The molecule has 0 aromatic carbocycles. The molecule has 0 aliphatic heterocycles. The highest BCUT2D eigenvalue weighted by molar-refractivity contribution is 5.81. The maximum absolute atomic E-state index is 11.4. The van der Waals surface area contributed by atoms with Crippen molar-refractivity contribution in [1.82, 2.24) is 0 Å². The second-order valence-corrected chi connectivity index (χ2v) is 6.14. The summed E-state index contributed by atoms with van der Waals surface area (Å²) in [5.41, 5.74) is -0.117. The summed E-state index contributed by atoms with van der Waals surface area (Å²) >= 11 is 0. The first-order valence-electron chi connectivity index (χ1n) is 6.47. The highest BCUT2D eigenvalue weighted by Gasteiger charge is 2.55. The smallest absolute Gasteiger partial charge is 0.330 e. The first kappa shape index (κ1) is 10.4. The summed E-state index contributed by atoms with van der Waals surface area (Å²) < 4.78 is 5.69. The van der Waals surface area contributed by atoms with Crippen molar-refractivity contribution in [2.24, 2.45) is 23.7 Å². The maximum atomic E-state index is 11.4. The van der Waals surface area contributed by atoms with Gasteiger partial charge in [0.2, 0.25) is 0 Å². The van der Waals surface area contributed by atoms with E-state index in [-0.39, 0.29) is 11.6 Å². The van der Waals surface area contributed by atoms with E-state index in [2.05, 4.69) is 13.5 Å². The van der Waals surface area contributed by atoms with Crippen LogP contribution >= 0.6 is 0 Å². The lowest BCUT2D eigenvalue weighted by Crippen LogP contribution is -2.55. The fourth-order valence-corrected chi connectivity index (χ4v) is 4.58. The summed E-state index contributed by atoms with van der Waals surface area (Å²) in [6.07, 6.45) is 7.34. The Morgan fingerprint density at radius 3 is 2.50 bits per heavy atom. The van der Waals surface area contributed by atoms with Gasteiger partial charge >= 0.3 is 5.97 Å². The first-order valence-corrected chi connectivity index (χ1v) is 6.47. The Kier molecular flexibility index (Phi) is 2.17. The van der Waals surface area contributed by atoms with E-state index in [1.807, 2.05) is 0 Å². The molecule has 2 nitrogen and oxygen atoms in total. The van der Waals surface area contributed by atoms with Crippen LogP contribution in [0.15, 0.2) is 12.7 Å². The fraction of sp³-hybridized carbons (Fsp3) is 0.786. The average molecular weight is 220 g/mol. The predicted molar refractivity (Wildman–Crippen MR) is 61.7 cm³/mol. The molecule has 16 heavy (non-hydrogen) atoms. The number of esters is 1. The van der Waals surface area contributed by atoms with Gasteiger partial charge in [-0.1, -0.05) is 13.5 Å². The predicted octanol–water partition coefficient (Wildman–Crippen LogP) is 2.93. The number of ether oxygens (including phenoxy) is 1. The number of carbonyl (C=O) groups is 1. The molecule has 0 aromatic heterocycles. The standard InChI is InChI=1S/C14H20O2/c1-3-13(15)16-14-6-10-4-11(7-14)9(2)12(5-10)8-14/h3,9-12H,1,4-8H2,2H3. The molecule has 2 atom stereocenters. The van der Waals surface area contributed by atoms with Gasteiger partial charge in [-0.15, -0.1) is 0 Å². The van der Waals surface area contributed by atoms with Gasteiger partial charge in [0, 0.05) is 6.08 Å². The minimum atomic E-state index is -0.227. The molecule has 4 aliphatic carbocycles. The SMILES string of the molecule is C=CC(=O)OC12CC3CC(C1)C(C)C(C3)C2. The molecule has 0 heterocycles. The van der Waals surface area contributed by atoms with E-state index in [4.69, 9.17) is 4.74 Å². The van der Waals surface area contributed by atoms with Crippen LogP contribution in [0.5, 0.6) is 0 Å². The average Bonchev–Trinajstić information content (AvgIpc) is 2.24. The van der Waals surface area contributed by atoms with Gasteiger partial charge in [-0.3, -0.25) is 0 Å². The molecule has 0 N–H and O–H groups in total. The van der Waals surface area contributed by atoms with Crippen molar-refractivity contribution in [3.8, 4) is 0 Å². The molecule has 0 saturated heterocycles. The third kappa shape index (κ3) is 1.42. The Bertz CT molecular complexity index is 318. The highest BCUT2D eigenvalue weighted by atomic mass is 16.6. The quantitative estimate of drug-likeness (QED) is 0.528. The van der Waals surface area contributed by atoms with E-state index < -0.39 is 0 Å². The van der Waals surface area contributed by atoms with E-state index in [0.29, 0.717) is 0 Å². The molecule has 4 fully saturated rings. The van der Waals surface area contributed by atoms with Gasteiger partial charge in [0.1, 0.15) is 5.60 Å². The van der Waals surface area contributed by atoms with Crippen molar-refractivity contribution in [3.05, 3.63) is 12.7 Å². The molecule has 0 radical (unpaired) electrons. The maximum Gasteiger partial charge on any atom is 0.330 e. The molecule has 4 saturated carbocycles. The van der Waals surface area contributed by atoms with Crippen LogP contribution < -0.4 is 0 Å². The lowest BCUT2D eigenvalue weighted by Gasteiger charge is -2.58. The largest absolute Gasteiger partial charge is 0.456 e. The van der Waals surface area contributed by atoms with Crippen LogP contribution in [0.25, 0.3) is 0 Å². The molecule has 0 aromatic rings. The van der Waals surface area contributed by atoms with E-state index in [0.717, 1.165) is 42.9 Å². The zero-order valence-corrected chi connectivity index (χ0v) is 9.95. The molecule has 0 amide bonds. The van der Waals surface area contributed by atoms with E-state index in [9.17, 15) is 4.79 Å². The normalized spacial score (nSPS) is 49.1. The van der Waals surface area contributed by atoms with Crippen molar-refractivity contribution < 1.29 is 9.53 Å². The molecule has 4 aliphatic rings.